The SMILES string of the molecule is CSC(CO)C(C)NC(=O)C(C)(C)c1ccccc1. The molecule has 0 aliphatic carbocycles. The second kappa shape index (κ2) is 6.96. The lowest BCUT2D eigenvalue weighted by molar-refractivity contribution is -0.126. The highest BCUT2D eigenvalue weighted by atomic mass is 32.2. The average Bonchev–Trinajstić information content (AvgIpc) is 2.41. The van der Waals surface area contributed by atoms with Crippen molar-refractivity contribution in [3.05, 3.63) is 35.9 Å². The van der Waals surface area contributed by atoms with Crippen molar-refractivity contribution in [3.8, 4) is 0 Å². The Balaban J connectivity index is 2.77. The van der Waals surface area contributed by atoms with Gasteiger partial charge in [0, 0.05) is 11.3 Å². The van der Waals surface area contributed by atoms with Crippen LogP contribution < -0.4 is 5.32 Å². The molecule has 2 atom stereocenters. The molecule has 1 rings (SSSR count). The summed E-state index contributed by atoms with van der Waals surface area (Å²) < 4.78 is 0. The maximum absolute atomic E-state index is 12.4. The monoisotopic (exact) mass is 281 g/mol. The zero-order valence-electron chi connectivity index (χ0n) is 12.0. The summed E-state index contributed by atoms with van der Waals surface area (Å²) in [6.45, 7) is 5.82. The molecule has 3 nitrogen and oxygen atoms in total. The minimum absolute atomic E-state index is 0.0151. The van der Waals surface area contributed by atoms with Crippen LogP contribution >= 0.6 is 11.8 Å². The van der Waals surface area contributed by atoms with Crippen molar-refractivity contribution < 1.29 is 9.90 Å². The lowest BCUT2D eigenvalue weighted by Gasteiger charge is -2.29. The van der Waals surface area contributed by atoms with Gasteiger partial charge in [-0.2, -0.15) is 11.8 Å². The molecule has 1 aromatic carbocycles. The van der Waals surface area contributed by atoms with Crippen LogP contribution in [0.5, 0.6) is 0 Å². The molecule has 0 fully saturated rings. The van der Waals surface area contributed by atoms with E-state index in [0.29, 0.717) is 0 Å². The highest BCUT2D eigenvalue weighted by Crippen LogP contribution is 2.23. The lowest BCUT2D eigenvalue weighted by atomic mass is 9.83. The molecule has 0 spiro atoms. The summed E-state index contributed by atoms with van der Waals surface area (Å²) in [6.07, 6.45) is 1.94. The number of thioether (sulfide) groups is 1. The van der Waals surface area contributed by atoms with Crippen LogP contribution in [0.4, 0.5) is 0 Å². The highest BCUT2D eigenvalue weighted by molar-refractivity contribution is 7.99. The molecule has 1 aromatic rings. The maximum atomic E-state index is 12.4. The average molecular weight is 281 g/mol. The van der Waals surface area contributed by atoms with E-state index in [2.05, 4.69) is 5.32 Å². The Morgan fingerprint density at radius 3 is 2.42 bits per heavy atom. The molecule has 0 heterocycles. The van der Waals surface area contributed by atoms with E-state index in [1.807, 2.05) is 57.4 Å². The van der Waals surface area contributed by atoms with E-state index in [1.165, 1.54) is 0 Å². The molecule has 2 N–H and O–H groups in total. The van der Waals surface area contributed by atoms with Gasteiger partial charge in [-0.15, -0.1) is 0 Å². The van der Waals surface area contributed by atoms with Crippen molar-refractivity contribution in [3.63, 3.8) is 0 Å². The van der Waals surface area contributed by atoms with Gasteiger partial charge in [-0.3, -0.25) is 4.79 Å². The Labute approximate surface area is 119 Å². The number of benzene rings is 1. The van der Waals surface area contributed by atoms with E-state index >= 15 is 0 Å². The molecule has 0 bridgehead atoms. The Kier molecular flexibility index (Phi) is 5.88. The van der Waals surface area contributed by atoms with Crippen LogP contribution in [0.25, 0.3) is 0 Å². The first kappa shape index (κ1) is 16.1. The lowest BCUT2D eigenvalue weighted by Crippen LogP contribution is -2.48. The first-order valence-corrected chi connectivity index (χ1v) is 7.72. The van der Waals surface area contributed by atoms with Crippen molar-refractivity contribution in [2.45, 2.75) is 37.5 Å². The van der Waals surface area contributed by atoms with Crippen molar-refractivity contribution >= 4 is 17.7 Å². The van der Waals surface area contributed by atoms with Gasteiger partial charge in [-0.1, -0.05) is 30.3 Å². The third-order valence-electron chi connectivity index (χ3n) is 3.46. The largest absolute Gasteiger partial charge is 0.395 e. The molecule has 19 heavy (non-hydrogen) atoms. The van der Waals surface area contributed by atoms with Crippen molar-refractivity contribution in [2.75, 3.05) is 12.9 Å². The minimum Gasteiger partial charge on any atom is -0.395 e. The van der Waals surface area contributed by atoms with E-state index in [0.717, 1.165) is 5.56 Å². The summed E-state index contributed by atoms with van der Waals surface area (Å²) in [4.78, 5) is 12.4. The van der Waals surface area contributed by atoms with E-state index in [1.54, 1.807) is 11.8 Å². The molecular weight excluding hydrogens is 258 g/mol. The Morgan fingerprint density at radius 2 is 1.95 bits per heavy atom. The van der Waals surface area contributed by atoms with Crippen molar-refractivity contribution in [1.29, 1.82) is 0 Å². The third-order valence-corrected chi connectivity index (χ3v) is 4.63. The summed E-state index contributed by atoms with van der Waals surface area (Å²) in [6, 6.07) is 9.68. The second-order valence-electron chi connectivity index (χ2n) is 5.21. The minimum atomic E-state index is -0.575. The Morgan fingerprint density at radius 1 is 1.37 bits per heavy atom. The number of aliphatic hydroxyl groups excluding tert-OH is 1. The molecule has 4 heteroatoms. The topological polar surface area (TPSA) is 49.3 Å². The molecule has 1 amide bonds. The van der Waals surface area contributed by atoms with Crippen LogP contribution in [0.2, 0.25) is 0 Å². The summed E-state index contributed by atoms with van der Waals surface area (Å²) >= 11 is 1.56. The Bertz CT molecular complexity index is 402. The van der Waals surface area contributed by atoms with Crippen LogP contribution in [0.3, 0.4) is 0 Å². The number of rotatable bonds is 6. The number of hydrogen-bond acceptors (Lipinski definition) is 3. The van der Waals surface area contributed by atoms with Gasteiger partial charge in [0.1, 0.15) is 0 Å². The van der Waals surface area contributed by atoms with Gasteiger partial charge >= 0.3 is 0 Å². The highest BCUT2D eigenvalue weighted by Gasteiger charge is 2.31. The molecule has 0 saturated heterocycles. The van der Waals surface area contributed by atoms with Crippen LogP contribution in [-0.4, -0.2) is 35.2 Å². The summed E-state index contributed by atoms with van der Waals surface area (Å²) in [5.41, 5.74) is 0.415. The van der Waals surface area contributed by atoms with Gasteiger partial charge < -0.3 is 10.4 Å². The standard InChI is InChI=1S/C15H23NO2S/c1-11(13(10-17)19-4)16-14(18)15(2,3)12-8-6-5-7-9-12/h5-9,11,13,17H,10H2,1-4H3,(H,16,18). The fourth-order valence-corrected chi connectivity index (χ4v) is 2.53. The van der Waals surface area contributed by atoms with Gasteiger partial charge in [-0.05, 0) is 32.6 Å². The predicted octanol–water partition coefficient (Wildman–Crippen LogP) is 2.19. The normalized spacial score (nSPS) is 14.8. The van der Waals surface area contributed by atoms with Crippen LogP contribution in [-0.2, 0) is 10.2 Å². The first-order valence-electron chi connectivity index (χ1n) is 6.43. The molecule has 0 saturated carbocycles. The molecule has 0 radical (unpaired) electrons. The number of carbonyl (C=O) groups is 1. The predicted molar refractivity (Wildman–Crippen MR) is 81.5 cm³/mol. The third kappa shape index (κ3) is 3.98. The molecule has 2 unspecified atom stereocenters. The van der Waals surface area contributed by atoms with Gasteiger partial charge in [-0.25, -0.2) is 0 Å². The van der Waals surface area contributed by atoms with E-state index < -0.39 is 5.41 Å². The number of hydrogen-bond donors (Lipinski definition) is 2. The molecular formula is C15H23NO2S. The molecule has 0 aliphatic rings. The zero-order chi connectivity index (χ0) is 14.5. The van der Waals surface area contributed by atoms with Crippen molar-refractivity contribution in [2.24, 2.45) is 0 Å². The smallest absolute Gasteiger partial charge is 0.230 e. The molecule has 106 valence electrons. The van der Waals surface area contributed by atoms with Gasteiger partial charge in [0.2, 0.25) is 5.91 Å². The zero-order valence-corrected chi connectivity index (χ0v) is 12.8. The molecule has 0 aromatic heterocycles. The fraction of sp³-hybridized carbons (Fsp3) is 0.533. The fourth-order valence-electron chi connectivity index (χ4n) is 1.90. The van der Waals surface area contributed by atoms with Gasteiger partial charge in [0.15, 0.2) is 0 Å². The van der Waals surface area contributed by atoms with Gasteiger partial charge in [0.05, 0.1) is 12.0 Å². The van der Waals surface area contributed by atoms with Crippen LogP contribution in [0.15, 0.2) is 30.3 Å². The summed E-state index contributed by atoms with van der Waals surface area (Å²) in [5.74, 6) is -0.0151. The van der Waals surface area contributed by atoms with E-state index in [-0.39, 0.29) is 23.8 Å². The summed E-state index contributed by atoms with van der Waals surface area (Å²) in [7, 11) is 0. The van der Waals surface area contributed by atoms with Crippen LogP contribution in [0.1, 0.15) is 26.3 Å². The molecule has 0 aliphatic heterocycles. The number of aliphatic hydroxyl groups is 1. The van der Waals surface area contributed by atoms with Crippen LogP contribution in [0, 0.1) is 0 Å². The van der Waals surface area contributed by atoms with Gasteiger partial charge in [0.25, 0.3) is 0 Å². The Hall–Kier alpha value is -1.00. The van der Waals surface area contributed by atoms with Crippen molar-refractivity contribution in [1.82, 2.24) is 5.32 Å². The number of amides is 1. The second-order valence-corrected chi connectivity index (χ2v) is 6.29. The quantitative estimate of drug-likeness (QED) is 0.840. The van der Waals surface area contributed by atoms with E-state index in [9.17, 15) is 9.90 Å². The maximum Gasteiger partial charge on any atom is 0.230 e. The van der Waals surface area contributed by atoms with E-state index in [4.69, 9.17) is 0 Å². The summed E-state index contributed by atoms with van der Waals surface area (Å²) in [5, 5.41) is 12.3. The number of carbonyl (C=O) groups excluding carboxylic acids is 1. The first-order chi connectivity index (χ1) is 8.93. The number of nitrogens with one attached hydrogen (secondary N) is 1.